The van der Waals surface area contributed by atoms with Crippen LogP contribution in [-0.4, -0.2) is 33.2 Å². The van der Waals surface area contributed by atoms with Gasteiger partial charge >= 0.3 is 0 Å². The molecule has 1 atom stereocenters. The van der Waals surface area contributed by atoms with Crippen molar-refractivity contribution in [2.75, 3.05) is 6.54 Å². The molecule has 8 heteroatoms. The number of nitrogens with one attached hydrogen (secondary N) is 1. The maximum Gasteiger partial charge on any atom is 0.290 e. The molecule has 0 saturated heterocycles. The highest BCUT2D eigenvalue weighted by molar-refractivity contribution is 6.30. The molecule has 3 heterocycles. The normalized spacial score (nSPS) is 16.2. The van der Waals surface area contributed by atoms with Crippen LogP contribution in [0.1, 0.15) is 28.6 Å². The number of hydrogen-bond donors (Lipinski definition) is 2. The van der Waals surface area contributed by atoms with Crippen LogP contribution in [-0.2, 0) is 11.3 Å². The number of amides is 1. The number of H-pyrrole nitrogens is 1. The van der Waals surface area contributed by atoms with Gasteiger partial charge in [-0.05, 0) is 29.8 Å². The molecule has 0 saturated carbocycles. The first kappa shape index (κ1) is 21.0. The van der Waals surface area contributed by atoms with Crippen LogP contribution in [0.4, 0.5) is 0 Å². The molecule has 0 radical (unpaired) electrons. The van der Waals surface area contributed by atoms with E-state index in [4.69, 9.17) is 16.0 Å². The van der Waals surface area contributed by atoms with Crippen LogP contribution in [0.2, 0.25) is 5.02 Å². The van der Waals surface area contributed by atoms with Gasteiger partial charge in [-0.3, -0.25) is 14.6 Å². The highest BCUT2D eigenvalue weighted by atomic mass is 35.5. The average Bonchev–Trinajstić information content (AvgIpc) is 3.53. The third-order valence-electron chi connectivity index (χ3n) is 5.78. The monoisotopic (exact) mass is 462 g/mol. The number of furan rings is 1. The Kier molecular flexibility index (Phi) is 5.48. The minimum Gasteiger partial charge on any atom is -0.503 e. The van der Waals surface area contributed by atoms with Crippen molar-refractivity contribution in [3.8, 4) is 0 Å². The summed E-state index contributed by atoms with van der Waals surface area (Å²) in [5.74, 6) is -1.59. The van der Waals surface area contributed by atoms with E-state index in [-0.39, 0.29) is 11.3 Å². The molecule has 2 aromatic heterocycles. The third kappa shape index (κ3) is 3.91. The summed E-state index contributed by atoms with van der Waals surface area (Å²) in [4.78, 5) is 31.1. The Labute approximate surface area is 194 Å². The second-order valence-corrected chi connectivity index (χ2v) is 8.34. The van der Waals surface area contributed by atoms with E-state index in [0.29, 0.717) is 35.7 Å². The maximum absolute atomic E-state index is 13.5. The molecule has 0 bridgehead atoms. The molecular formula is C25H21ClN3O4+. The van der Waals surface area contributed by atoms with Crippen molar-refractivity contribution in [3.63, 3.8) is 0 Å². The second kappa shape index (κ2) is 8.60. The fraction of sp³-hybridized carbons (Fsp3) is 0.160. The molecule has 1 unspecified atom stereocenters. The predicted octanol–water partition coefficient (Wildman–Crippen LogP) is 4.37. The topological polar surface area (TPSA) is 90.4 Å². The Balaban J connectivity index is 1.51. The highest BCUT2D eigenvalue weighted by Gasteiger charge is 2.44. The minimum atomic E-state index is -0.770. The number of Topliss-reactive ketones (excluding diaryl/α,β-unsaturated/α-hetero) is 1. The van der Waals surface area contributed by atoms with E-state index >= 15 is 0 Å². The second-order valence-electron chi connectivity index (χ2n) is 7.90. The lowest BCUT2D eigenvalue weighted by atomic mass is 9.95. The van der Waals surface area contributed by atoms with Crippen molar-refractivity contribution >= 4 is 34.3 Å². The molecule has 7 nitrogen and oxygen atoms in total. The third-order valence-corrected chi connectivity index (χ3v) is 6.02. The van der Waals surface area contributed by atoms with E-state index in [2.05, 4.69) is 4.98 Å². The zero-order valence-electron chi connectivity index (χ0n) is 17.6. The zero-order valence-corrected chi connectivity index (χ0v) is 18.3. The summed E-state index contributed by atoms with van der Waals surface area (Å²) in [6.07, 6.45) is 6.16. The summed E-state index contributed by atoms with van der Waals surface area (Å²) in [6.45, 7) is 1.01. The van der Waals surface area contributed by atoms with E-state index in [9.17, 15) is 14.7 Å². The molecule has 1 amide bonds. The standard InChI is InChI=1S/C25H20ClN3O4/c26-18-7-3-6-17(13-18)22-21(23(30)20-14-16-5-1-2-8-19(16)33-20)24(31)25(32)29(22)11-4-10-28-12-9-27-15-28/h1-3,5-9,12-15,22H,4,10-11H2,(H,30,31)/p+1. The van der Waals surface area contributed by atoms with E-state index in [0.717, 1.165) is 5.39 Å². The van der Waals surface area contributed by atoms with Gasteiger partial charge in [0.05, 0.1) is 18.2 Å². The fourth-order valence-electron chi connectivity index (χ4n) is 4.25. The Morgan fingerprint density at radius 2 is 2.03 bits per heavy atom. The molecular weight excluding hydrogens is 442 g/mol. The number of halogens is 1. The van der Waals surface area contributed by atoms with Crippen LogP contribution in [0.3, 0.4) is 0 Å². The van der Waals surface area contributed by atoms with Crippen molar-refractivity contribution in [2.45, 2.75) is 19.0 Å². The number of aliphatic hydroxyl groups excluding tert-OH is 1. The quantitative estimate of drug-likeness (QED) is 0.315. The van der Waals surface area contributed by atoms with Gasteiger partial charge in [0, 0.05) is 23.4 Å². The predicted molar refractivity (Wildman–Crippen MR) is 122 cm³/mol. The van der Waals surface area contributed by atoms with Crippen molar-refractivity contribution in [1.29, 1.82) is 0 Å². The number of nitrogens with zero attached hydrogens (tertiary/aromatic N) is 2. The maximum atomic E-state index is 13.5. The van der Waals surface area contributed by atoms with Crippen LogP contribution < -0.4 is 4.57 Å². The number of imidazole rings is 1. The molecule has 2 aromatic carbocycles. The molecule has 1 aliphatic rings. The summed E-state index contributed by atoms with van der Waals surface area (Å²) >= 11 is 6.22. The number of aliphatic hydroxyl groups is 1. The van der Waals surface area contributed by atoms with Crippen molar-refractivity contribution in [3.05, 3.63) is 101 Å². The number of carbonyl (C=O) groups excluding carboxylic acids is 2. The van der Waals surface area contributed by atoms with Crippen molar-refractivity contribution in [2.24, 2.45) is 0 Å². The summed E-state index contributed by atoms with van der Waals surface area (Å²) in [7, 11) is 0. The first-order valence-electron chi connectivity index (χ1n) is 10.6. The number of aromatic nitrogens is 2. The van der Waals surface area contributed by atoms with Crippen LogP contribution in [0, 0.1) is 0 Å². The van der Waals surface area contributed by atoms with Crippen molar-refractivity contribution < 1.29 is 23.7 Å². The lowest BCUT2D eigenvalue weighted by molar-refractivity contribution is -0.695. The number of aryl methyl sites for hydroxylation is 1. The number of carbonyl (C=O) groups is 2. The van der Waals surface area contributed by atoms with E-state index in [1.54, 1.807) is 36.4 Å². The molecule has 2 N–H and O–H groups in total. The summed E-state index contributed by atoms with van der Waals surface area (Å²) in [5.41, 5.74) is 1.20. The van der Waals surface area contributed by atoms with Crippen LogP contribution >= 0.6 is 11.6 Å². The molecule has 1 aliphatic heterocycles. The Morgan fingerprint density at radius 3 is 2.79 bits per heavy atom. The van der Waals surface area contributed by atoms with Crippen molar-refractivity contribution in [1.82, 2.24) is 9.88 Å². The molecule has 0 spiro atoms. The zero-order chi connectivity index (χ0) is 22.9. The fourth-order valence-corrected chi connectivity index (χ4v) is 4.45. The van der Waals surface area contributed by atoms with Crippen LogP contribution in [0.15, 0.2) is 89.1 Å². The summed E-state index contributed by atoms with van der Waals surface area (Å²) in [6, 6.07) is 15.1. The average molecular weight is 463 g/mol. The number of benzene rings is 2. The number of hydrogen-bond acceptors (Lipinski definition) is 4. The van der Waals surface area contributed by atoms with Gasteiger partial charge in [-0.1, -0.05) is 41.9 Å². The van der Waals surface area contributed by atoms with Gasteiger partial charge in [0.25, 0.3) is 5.91 Å². The first-order chi connectivity index (χ1) is 16.0. The molecule has 0 aliphatic carbocycles. The lowest BCUT2D eigenvalue weighted by Gasteiger charge is -2.26. The molecule has 0 fully saturated rings. The summed E-state index contributed by atoms with van der Waals surface area (Å²) in [5, 5.41) is 12.0. The van der Waals surface area contributed by atoms with Crippen LogP contribution in [0.25, 0.3) is 11.0 Å². The Bertz CT molecular complexity index is 1340. The molecule has 166 valence electrons. The number of aromatic amines is 1. The van der Waals surface area contributed by atoms with Gasteiger partial charge < -0.3 is 14.4 Å². The number of rotatable bonds is 7. The van der Waals surface area contributed by atoms with Gasteiger partial charge in [-0.2, -0.15) is 0 Å². The Hall–Kier alpha value is -3.84. The first-order valence-corrected chi connectivity index (χ1v) is 11.0. The summed E-state index contributed by atoms with van der Waals surface area (Å²) < 4.78 is 7.70. The lowest BCUT2D eigenvalue weighted by Crippen LogP contribution is -2.36. The van der Waals surface area contributed by atoms with E-state index in [1.165, 1.54) is 4.90 Å². The number of para-hydroxylation sites is 1. The number of ketones is 1. The minimum absolute atomic E-state index is 0.00406. The van der Waals surface area contributed by atoms with Gasteiger partial charge in [-0.25, -0.2) is 4.57 Å². The largest absolute Gasteiger partial charge is 0.503 e. The van der Waals surface area contributed by atoms with E-state index < -0.39 is 23.5 Å². The Morgan fingerprint density at radius 1 is 1.18 bits per heavy atom. The van der Waals surface area contributed by atoms with Gasteiger partial charge in [-0.15, -0.1) is 0 Å². The van der Waals surface area contributed by atoms with Gasteiger partial charge in [0.1, 0.15) is 18.0 Å². The highest BCUT2D eigenvalue weighted by Crippen LogP contribution is 2.40. The van der Waals surface area contributed by atoms with E-state index in [1.807, 2.05) is 41.5 Å². The number of fused-ring (bicyclic) bond motifs is 1. The smallest absolute Gasteiger partial charge is 0.290 e. The molecule has 5 rings (SSSR count). The van der Waals surface area contributed by atoms with Crippen LogP contribution in [0.5, 0.6) is 0 Å². The SMILES string of the molecule is O=C(C1=C(O)C(=O)N(CCC[n+]2cc[nH]c2)C1c1cccc(Cl)c1)c1cc2ccccc2o1. The molecule has 33 heavy (non-hydrogen) atoms. The van der Waals surface area contributed by atoms with Gasteiger partial charge in [0.2, 0.25) is 12.1 Å². The van der Waals surface area contributed by atoms with Gasteiger partial charge in [0.15, 0.2) is 11.5 Å². The molecule has 4 aromatic rings.